The van der Waals surface area contributed by atoms with Crippen LogP contribution in [0.4, 0.5) is 0 Å². The van der Waals surface area contributed by atoms with Gasteiger partial charge in [-0.2, -0.15) is 0 Å². The standard InChI is InChI=1S/Mo.H3O4P.Zn/c;1-5(2,3)4;/h;(H3,1,2,3,4);/q;;+2/p-2. The average molecular weight is 257 g/mol. The third-order valence-corrected chi connectivity index (χ3v) is 0. The van der Waals surface area contributed by atoms with Crippen LogP contribution in [0.15, 0.2) is 0 Å². The molecule has 0 bridgehead atoms. The van der Waals surface area contributed by atoms with Gasteiger partial charge in [0, 0.05) is 21.1 Å². The second-order valence-corrected chi connectivity index (χ2v) is 1.41. The van der Waals surface area contributed by atoms with Gasteiger partial charge in [0.25, 0.3) is 0 Å². The van der Waals surface area contributed by atoms with E-state index in [4.69, 9.17) is 19.2 Å². The molecule has 0 atom stereocenters. The molecule has 0 aliphatic heterocycles. The molecule has 1 N–H and O–H groups in total. The zero-order valence-electron chi connectivity index (χ0n) is 3.23. The van der Waals surface area contributed by atoms with Crippen molar-refractivity contribution in [3.05, 3.63) is 0 Å². The van der Waals surface area contributed by atoms with E-state index >= 15 is 0 Å². The van der Waals surface area contributed by atoms with Crippen LogP contribution in [0.1, 0.15) is 0 Å². The van der Waals surface area contributed by atoms with E-state index < -0.39 is 7.82 Å². The molecule has 0 unspecified atom stereocenters. The van der Waals surface area contributed by atoms with E-state index in [1.807, 2.05) is 0 Å². The van der Waals surface area contributed by atoms with Crippen molar-refractivity contribution >= 4 is 7.82 Å². The second-order valence-electron chi connectivity index (χ2n) is 0.469. The van der Waals surface area contributed by atoms with E-state index in [9.17, 15) is 0 Å². The molecule has 0 radical (unpaired) electrons. The molecule has 0 aromatic rings. The van der Waals surface area contributed by atoms with Gasteiger partial charge in [0.2, 0.25) is 0 Å². The number of rotatable bonds is 0. The quantitative estimate of drug-likeness (QED) is 0.394. The smallest absolute Gasteiger partial charge is 0.790 e. The maximum absolute atomic E-state index is 8.66. The monoisotopic (exact) mass is 258 g/mol. The van der Waals surface area contributed by atoms with Crippen molar-refractivity contribution < 1.29 is 59.8 Å². The van der Waals surface area contributed by atoms with Crippen LogP contribution in [0.5, 0.6) is 0 Å². The average Bonchev–Trinajstić information content (AvgIpc) is 0.722. The molecule has 0 spiro atoms. The van der Waals surface area contributed by atoms with Gasteiger partial charge < -0.3 is 19.2 Å². The van der Waals surface area contributed by atoms with Crippen LogP contribution in [0.25, 0.3) is 0 Å². The van der Waals surface area contributed by atoms with E-state index in [0.717, 1.165) is 0 Å². The Bertz CT molecular complexity index is 57.8. The molecule has 0 rings (SSSR count). The zero-order valence-corrected chi connectivity index (χ0v) is 9.10. The molecular formula is HMoO4PZn. The minimum Gasteiger partial charge on any atom is -0.790 e. The van der Waals surface area contributed by atoms with Gasteiger partial charge in [-0.15, -0.1) is 0 Å². The Balaban J connectivity index is -0.0000000800. The maximum Gasteiger partial charge on any atom is 2.00 e. The zero-order chi connectivity index (χ0) is 4.50. The summed E-state index contributed by atoms with van der Waals surface area (Å²) in [5.41, 5.74) is 0. The summed E-state index contributed by atoms with van der Waals surface area (Å²) in [6.45, 7) is 0. The summed E-state index contributed by atoms with van der Waals surface area (Å²) in [5.74, 6) is 0. The molecule has 38 valence electrons. The first-order valence-corrected chi connectivity index (χ1v) is 2.24. The SMILES string of the molecule is O=P([O-])([O-])O.[Mo].[Zn+2]. The van der Waals surface area contributed by atoms with Crippen molar-refractivity contribution in [2.24, 2.45) is 0 Å². The van der Waals surface area contributed by atoms with Crippen LogP contribution in [0, 0.1) is 0 Å². The molecule has 0 heterocycles. The Hall–Kier alpha value is 1.42. The fourth-order valence-electron chi connectivity index (χ4n) is 0. The normalized spacial score (nSPS) is 8.43. The molecule has 0 fully saturated rings. The Kier molecular flexibility index (Phi) is 12.5. The molecule has 0 aliphatic carbocycles. The van der Waals surface area contributed by atoms with E-state index in [1.54, 1.807) is 0 Å². The molecule has 0 saturated carbocycles. The van der Waals surface area contributed by atoms with E-state index in [2.05, 4.69) is 0 Å². The maximum atomic E-state index is 8.66. The van der Waals surface area contributed by atoms with Gasteiger partial charge in [0.15, 0.2) is 0 Å². The number of phosphoric acid groups is 1. The predicted molar refractivity (Wildman–Crippen MR) is 9.83 cm³/mol. The topological polar surface area (TPSA) is 83.4 Å². The minimum absolute atomic E-state index is 0. The molecule has 0 aromatic heterocycles. The van der Waals surface area contributed by atoms with Crippen molar-refractivity contribution in [1.82, 2.24) is 0 Å². The summed E-state index contributed by atoms with van der Waals surface area (Å²) in [5, 5.41) is 0. The van der Waals surface area contributed by atoms with Crippen molar-refractivity contribution in [2.75, 3.05) is 0 Å². The van der Waals surface area contributed by atoms with Gasteiger partial charge in [0.05, 0.1) is 7.82 Å². The molecule has 0 aromatic carbocycles. The first kappa shape index (κ1) is 15.8. The Morgan fingerprint density at radius 2 is 1.43 bits per heavy atom. The number of hydrogen-bond donors (Lipinski definition) is 1. The van der Waals surface area contributed by atoms with Gasteiger partial charge in [-0.1, -0.05) is 0 Å². The van der Waals surface area contributed by atoms with E-state index in [1.165, 1.54) is 0 Å². The van der Waals surface area contributed by atoms with Gasteiger partial charge in [-0.05, 0) is 0 Å². The molecule has 7 heavy (non-hydrogen) atoms. The second kappa shape index (κ2) is 5.56. The van der Waals surface area contributed by atoms with Crippen LogP contribution < -0.4 is 9.79 Å². The molecule has 0 saturated heterocycles. The Morgan fingerprint density at radius 1 is 1.43 bits per heavy atom. The Labute approximate surface area is 67.6 Å². The largest absolute Gasteiger partial charge is 2.00 e. The molecule has 0 aliphatic rings. The van der Waals surface area contributed by atoms with Crippen LogP contribution in [-0.4, -0.2) is 4.89 Å². The van der Waals surface area contributed by atoms with Crippen LogP contribution >= 0.6 is 7.82 Å². The molecule has 7 heteroatoms. The van der Waals surface area contributed by atoms with Crippen molar-refractivity contribution in [1.29, 1.82) is 0 Å². The summed E-state index contributed by atoms with van der Waals surface area (Å²) < 4.78 is 8.66. The molecule has 4 nitrogen and oxygen atoms in total. The molecule has 0 amide bonds. The summed E-state index contributed by atoms with van der Waals surface area (Å²) in [6, 6.07) is 0. The van der Waals surface area contributed by atoms with Gasteiger partial charge in [0.1, 0.15) is 0 Å². The van der Waals surface area contributed by atoms with Gasteiger partial charge in [-0.3, -0.25) is 0 Å². The minimum atomic E-state index is -5.14. The van der Waals surface area contributed by atoms with Gasteiger partial charge in [-0.25, -0.2) is 0 Å². The summed E-state index contributed by atoms with van der Waals surface area (Å²) in [4.78, 5) is 24.3. The summed E-state index contributed by atoms with van der Waals surface area (Å²) in [6.07, 6.45) is 0. The third-order valence-electron chi connectivity index (χ3n) is 0. The summed E-state index contributed by atoms with van der Waals surface area (Å²) >= 11 is 0. The number of hydrogen-bond acceptors (Lipinski definition) is 3. The Morgan fingerprint density at radius 3 is 1.43 bits per heavy atom. The van der Waals surface area contributed by atoms with Crippen molar-refractivity contribution in [3.8, 4) is 0 Å². The fourth-order valence-corrected chi connectivity index (χ4v) is 0. The fraction of sp³-hybridized carbons (Fsp3) is 0. The molecular weight excluding hydrogens is 256 g/mol. The van der Waals surface area contributed by atoms with Crippen LogP contribution in [0.2, 0.25) is 0 Å². The van der Waals surface area contributed by atoms with Gasteiger partial charge >= 0.3 is 19.5 Å². The van der Waals surface area contributed by atoms with Crippen LogP contribution in [-0.2, 0) is 45.1 Å². The first-order chi connectivity index (χ1) is 2.00. The van der Waals surface area contributed by atoms with E-state index in [-0.39, 0.29) is 40.5 Å². The van der Waals surface area contributed by atoms with E-state index in [0.29, 0.717) is 0 Å². The summed E-state index contributed by atoms with van der Waals surface area (Å²) in [7, 11) is -5.14. The van der Waals surface area contributed by atoms with Crippen molar-refractivity contribution in [2.45, 2.75) is 0 Å². The third kappa shape index (κ3) is 108. The predicted octanol–water partition coefficient (Wildman–Crippen LogP) is -2.20. The van der Waals surface area contributed by atoms with Crippen LogP contribution in [0.3, 0.4) is 0 Å². The van der Waals surface area contributed by atoms with Crippen molar-refractivity contribution in [3.63, 3.8) is 0 Å². The first-order valence-electron chi connectivity index (χ1n) is 0.748.